The van der Waals surface area contributed by atoms with E-state index in [9.17, 15) is 19.8 Å². The van der Waals surface area contributed by atoms with Crippen LogP contribution in [0.1, 0.15) is 71.6 Å². The monoisotopic (exact) mass is 456 g/mol. The molecule has 0 aliphatic heterocycles. The molecule has 0 bridgehead atoms. The van der Waals surface area contributed by atoms with Crippen LogP contribution >= 0.6 is 11.8 Å². The molecule has 0 fully saturated rings. The average Bonchev–Trinajstić information content (AvgIpc) is 3.07. The molecule has 0 saturated heterocycles. The number of rotatable bonds is 15. The van der Waals surface area contributed by atoms with Crippen molar-refractivity contribution in [2.24, 2.45) is 11.8 Å². The fraction of sp³-hybridized carbons (Fsp3) is 0.750. The molecule has 1 aliphatic carbocycles. The number of esters is 2. The number of carbonyl (C=O) groups is 2. The van der Waals surface area contributed by atoms with Crippen LogP contribution in [-0.2, 0) is 19.1 Å². The van der Waals surface area contributed by atoms with Gasteiger partial charge in [0.1, 0.15) is 0 Å². The van der Waals surface area contributed by atoms with Gasteiger partial charge in [0, 0.05) is 29.2 Å². The Hall–Kier alpha value is -1.31. The van der Waals surface area contributed by atoms with Crippen molar-refractivity contribution in [2.45, 2.75) is 83.8 Å². The van der Waals surface area contributed by atoms with Gasteiger partial charge in [-0.05, 0) is 30.9 Å². The van der Waals surface area contributed by atoms with Crippen LogP contribution in [0.3, 0.4) is 0 Å². The fourth-order valence-electron chi connectivity index (χ4n) is 3.76. The lowest BCUT2D eigenvalue weighted by molar-refractivity contribution is -0.140. The van der Waals surface area contributed by atoms with Crippen molar-refractivity contribution in [2.75, 3.05) is 20.0 Å². The molecule has 178 valence electrons. The van der Waals surface area contributed by atoms with Crippen molar-refractivity contribution >= 4 is 23.7 Å². The third-order valence-electron chi connectivity index (χ3n) is 5.61. The van der Waals surface area contributed by atoms with Crippen LogP contribution in [0.25, 0.3) is 0 Å². The average molecular weight is 457 g/mol. The Kier molecular flexibility index (Phi) is 13.8. The normalized spacial score (nSPS) is 20.8. The summed E-state index contributed by atoms with van der Waals surface area (Å²) in [5.74, 6) is 0.305. The zero-order valence-corrected chi connectivity index (χ0v) is 20.3. The van der Waals surface area contributed by atoms with Gasteiger partial charge >= 0.3 is 11.9 Å². The molecule has 0 aromatic heterocycles. The SMILES string of the molecule is CCCC[C@@H](C)C[C@H](O)C=C[C@@H]1C(SCCCCCC(=O)OC)=C(C(=O)OC)C[C@H]1O. The summed E-state index contributed by atoms with van der Waals surface area (Å²) in [5.41, 5.74) is 0.523. The van der Waals surface area contributed by atoms with Gasteiger partial charge in [0.15, 0.2) is 0 Å². The van der Waals surface area contributed by atoms with E-state index in [0.717, 1.165) is 49.2 Å². The van der Waals surface area contributed by atoms with E-state index >= 15 is 0 Å². The van der Waals surface area contributed by atoms with E-state index in [1.165, 1.54) is 14.2 Å². The van der Waals surface area contributed by atoms with Crippen molar-refractivity contribution in [1.29, 1.82) is 0 Å². The minimum absolute atomic E-state index is 0.199. The topological polar surface area (TPSA) is 93.1 Å². The van der Waals surface area contributed by atoms with Gasteiger partial charge in [0.05, 0.1) is 26.4 Å². The molecule has 7 heteroatoms. The highest BCUT2D eigenvalue weighted by Gasteiger charge is 2.35. The van der Waals surface area contributed by atoms with Gasteiger partial charge in [-0.15, -0.1) is 11.8 Å². The number of methoxy groups -OCH3 is 2. The summed E-state index contributed by atoms with van der Waals surface area (Å²) < 4.78 is 9.56. The van der Waals surface area contributed by atoms with Crippen LogP contribution < -0.4 is 0 Å². The van der Waals surface area contributed by atoms with Crippen molar-refractivity contribution in [3.63, 3.8) is 0 Å². The number of ether oxygens (including phenoxy) is 2. The van der Waals surface area contributed by atoms with E-state index in [2.05, 4.69) is 18.6 Å². The van der Waals surface area contributed by atoms with Crippen LogP contribution in [0.4, 0.5) is 0 Å². The third kappa shape index (κ3) is 10.2. The summed E-state index contributed by atoms with van der Waals surface area (Å²) in [4.78, 5) is 24.2. The Morgan fingerprint density at radius 2 is 1.94 bits per heavy atom. The van der Waals surface area contributed by atoms with Gasteiger partial charge in [-0.3, -0.25) is 4.79 Å². The highest BCUT2D eigenvalue weighted by Crippen LogP contribution is 2.41. The summed E-state index contributed by atoms with van der Waals surface area (Å²) in [5, 5.41) is 21.0. The molecule has 31 heavy (non-hydrogen) atoms. The zero-order chi connectivity index (χ0) is 23.2. The maximum atomic E-state index is 12.2. The lowest BCUT2D eigenvalue weighted by atomic mass is 9.96. The molecular formula is C24H40O6S. The van der Waals surface area contributed by atoms with Crippen LogP contribution in [0.15, 0.2) is 22.6 Å². The first-order valence-electron chi connectivity index (χ1n) is 11.4. The van der Waals surface area contributed by atoms with Crippen molar-refractivity contribution < 1.29 is 29.3 Å². The molecule has 4 atom stereocenters. The maximum absolute atomic E-state index is 12.2. The number of unbranched alkanes of at least 4 members (excludes halogenated alkanes) is 3. The first-order valence-corrected chi connectivity index (χ1v) is 12.4. The lowest BCUT2D eigenvalue weighted by Gasteiger charge is -2.17. The highest BCUT2D eigenvalue weighted by atomic mass is 32.2. The van der Waals surface area contributed by atoms with Crippen molar-refractivity contribution in [3.05, 3.63) is 22.6 Å². The number of hydrogen-bond acceptors (Lipinski definition) is 7. The molecule has 0 radical (unpaired) electrons. The molecule has 2 N–H and O–H groups in total. The quantitative estimate of drug-likeness (QED) is 0.214. The highest BCUT2D eigenvalue weighted by molar-refractivity contribution is 8.03. The minimum Gasteiger partial charge on any atom is -0.469 e. The summed E-state index contributed by atoms with van der Waals surface area (Å²) in [6.45, 7) is 4.31. The number of carbonyl (C=O) groups excluding carboxylic acids is 2. The second-order valence-electron chi connectivity index (χ2n) is 8.30. The Labute approximate surface area is 191 Å². The van der Waals surface area contributed by atoms with Gasteiger partial charge in [-0.1, -0.05) is 51.7 Å². The van der Waals surface area contributed by atoms with Gasteiger partial charge in [0.2, 0.25) is 0 Å². The first kappa shape index (κ1) is 27.7. The Balaban J connectivity index is 2.69. The molecule has 1 rings (SSSR count). The molecule has 6 nitrogen and oxygen atoms in total. The molecule has 0 spiro atoms. The molecule has 0 saturated carbocycles. The van der Waals surface area contributed by atoms with E-state index in [4.69, 9.17) is 4.74 Å². The standard InChI is InChI=1S/C24H40O6S/c1-5-6-10-17(2)15-18(25)12-13-19-21(26)16-20(24(28)30-4)23(19)31-14-9-7-8-11-22(27)29-3/h12-13,17-19,21,25-26H,5-11,14-16H2,1-4H3/t17-,18-,19+,21-/m1/s1. The maximum Gasteiger partial charge on any atom is 0.334 e. The van der Waals surface area contributed by atoms with Gasteiger partial charge < -0.3 is 19.7 Å². The fourth-order valence-corrected chi connectivity index (χ4v) is 5.10. The largest absolute Gasteiger partial charge is 0.469 e. The first-order chi connectivity index (χ1) is 14.8. The third-order valence-corrected chi connectivity index (χ3v) is 6.93. The molecule has 0 aromatic rings. The second-order valence-corrected chi connectivity index (χ2v) is 9.44. The van der Waals surface area contributed by atoms with E-state index in [1.807, 2.05) is 6.08 Å². The minimum atomic E-state index is -0.697. The van der Waals surface area contributed by atoms with E-state index in [1.54, 1.807) is 17.8 Å². The van der Waals surface area contributed by atoms with E-state index < -0.39 is 18.2 Å². The van der Waals surface area contributed by atoms with Crippen LogP contribution in [0.5, 0.6) is 0 Å². The molecule has 1 aliphatic rings. The predicted octanol–water partition coefficient (Wildman–Crippen LogP) is 4.39. The Morgan fingerprint density at radius 3 is 2.58 bits per heavy atom. The molecule has 0 amide bonds. The molecule has 0 unspecified atom stereocenters. The van der Waals surface area contributed by atoms with Gasteiger partial charge in [-0.2, -0.15) is 0 Å². The van der Waals surface area contributed by atoms with Crippen LogP contribution in [-0.4, -0.2) is 54.3 Å². The van der Waals surface area contributed by atoms with E-state index in [0.29, 0.717) is 24.3 Å². The second kappa shape index (κ2) is 15.5. The summed E-state index contributed by atoms with van der Waals surface area (Å²) in [6, 6.07) is 0. The molecule has 0 aromatic carbocycles. The zero-order valence-electron chi connectivity index (χ0n) is 19.5. The van der Waals surface area contributed by atoms with Gasteiger partial charge in [-0.25, -0.2) is 4.79 Å². The van der Waals surface area contributed by atoms with Gasteiger partial charge in [0.25, 0.3) is 0 Å². The van der Waals surface area contributed by atoms with Crippen LogP contribution in [0.2, 0.25) is 0 Å². The number of aliphatic hydroxyl groups excluding tert-OH is 2. The van der Waals surface area contributed by atoms with Crippen LogP contribution in [0, 0.1) is 11.8 Å². The summed E-state index contributed by atoms with van der Waals surface area (Å²) >= 11 is 1.56. The predicted molar refractivity (Wildman–Crippen MR) is 125 cm³/mol. The van der Waals surface area contributed by atoms with Crippen molar-refractivity contribution in [1.82, 2.24) is 0 Å². The lowest BCUT2D eigenvalue weighted by Crippen LogP contribution is -2.15. The Bertz CT molecular complexity index is 615. The number of aliphatic hydroxyl groups is 2. The number of thioether (sulfide) groups is 1. The van der Waals surface area contributed by atoms with E-state index in [-0.39, 0.29) is 18.3 Å². The molecule has 0 heterocycles. The smallest absolute Gasteiger partial charge is 0.334 e. The summed E-state index contributed by atoms with van der Waals surface area (Å²) in [7, 11) is 2.74. The number of hydrogen-bond donors (Lipinski definition) is 2. The Morgan fingerprint density at radius 1 is 1.19 bits per heavy atom. The summed E-state index contributed by atoms with van der Waals surface area (Å²) in [6.07, 6.45) is 9.65. The van der Waals surface area contributed by atoms with Crippen molar-refractivity contribution in [3.8, 4) is 0 Å². The molecular weight excluding hydrogens is 416 g/mol.